The van der Waals surface area contributed by atoms with Gasteiger partial charge in [-0.25, -0.2) is 0 Å². The Morgan fingerprint density at radius 3 is 3.00 bits per heavy atom. The molecule has 1 N–H and O–H groups in total. The highest BCUT2D eigenvalue weighted by Gasteiger charge is 2.05. The van der Waals surface area contributed by atoms with Crippen molar-refractivity contribution in [3.05, 3.63) is 24.0 Å². The van der Waals surface area contributed by atoms with Crippen molar-refractivity contribution in [3.8, 4) is 0 Å². The van der Waals surface area contributed by atoms with E-state index >= 15 is 0 Å². The van der Waals surface area contributed by atoms with Crippen LogP contribution in [0.25, 0.3) is 0 Å². The fraction of sp³-hybridized carbons (Fsp3) is 0.556. The van der Waals surface area contributed by atoms with Gasteiger partial charge < -0.3 is 5.32 Å². The number of rotatable bonds is 1. The molecular formula is C9H15N. The van der Waals surface area contributed by atoms with E-state index in [1.165, 1.54) is 24.2 Å². The molecule has 0 aromatic heterocycles. The Bertz CT molecular complexity index is 156. The molecule has 0 atom stereocenters. The van der Waals surface area contributed by atoms with Crippen LogP contribution >= 0.6 is 0 Å². The van der Waals surface area contributed by atoms with E-state index in [0.717, 1.165) is 12.8 Å². The lowest BCUT2D eigenvalue weighted by atomic mass is 10.1. The molecule has 10 heavy (non-hydrogen) atoms. The number of piperidine rings is 1. The Hall–Kier alpha value is -0.720. The van der Waals surface area contributed by atoms with Crippen molar-refractivity contribution in [3.63, 3.8) is 0 Å². The number of nitrogens with one attached hydrogen (secondary N) is 1. The van der Waals surface area contributed by atoms with Gasteiger partial charge in [0.15, 0.2) is 0 Å². The molecule has 1 rings (SSSR count). The first kappa shape index (κ1) is 7.39. The molecule has 0 radical (unpaired) electrons. The summed E-state index contributed by atoms with van der Waals surface area (Å²) in [5.74, 6) is 0. The fourth-order valence-electron chi connectivity index (χ4n) is 1.24. The van der Waals surface area contributed by atoms with Gasteiger partial charge in [0.05, 0.1) is 0 Å². The summed E-state index contributed by atoms with van der Waals surface area (Å²) in [6, 6.07) is 0. The van der Waals surface area contributed by atoms with Crippen molar-refractivity contribution in [2.75, 3.05) is 0 Å². The van der Waals surface area contributed by atoms with E-state index in [1.807, 2.05) is 0 Å². The molecule has 56 valence electrons. The first-order chi connectivity index (χ1) is 4.83. The predicted molar refractivity (Wildman–Crippen MR) is 44.5 cm³/mol. The highest BCUT2D eigenvalue weighted by molar-refractivity contribution is 5.12. The van der Waals surface area contributed by atoms with E-state index in [2.05, 4.69) is 24.9 Å². The second-order valence-electron chi connectivity index (χ2n) is 2.72. The normalized spacial score (nSPS) is 22.9. The lowest BCUT2D eigenvalue weighted by molar-refractivity contribution is 0.662. The average molecular weight is 137 g/mol. The van der Waals surface area contributed by atoms with Crippen LogP contribution in [0.15, 0.2) is 24.0 Å². The van der Waals surface area contributed by atoms with Crippen LogP contribution in [0.1, 0.15) is 32.6 Å². The number of hydrogen-bond acceptors (Lipinski definition) is 1. The smallest absolute Gasteiger partial charge is 0.0108 e. The molecule has 0 aromatic carbocycles. The van der Waals surface area contributed by atoms with E-state index in [1.54, 1.807) is 0 Å². The molecule has 0 aliphatic carbocycles. The van der Waals surface area contributed by atoms with Gasteiger partial charge in [-0.2, -0.15) is 0 Å². The molecule has 0 amide bonds. The molecule has 1 heterocycles. The third-order valence-corrected chi connectivity index (χ3v) is 1.71. The Kier molecular flexibility index (Phi) is 2.55. The SMILES string of the molecule is C=C1CCC/C(=C\CC)N1. The molecule has 0 bridgehead atoms. The van der Waals surface area contributed by atoms with Gasteiger partial charge in [-0.15, -0.1) is 0 Å². The standard InChI is InChI=1S/C9H15N/c1-3-5-9-7-4-6-8(2)10-9/h5,10H,2-4,6-7H2,1H3/b9-5+. The van der Waals surface area contributed by atoms with E-state index in [9.17, 15) is 0 Å². The van der Waals surface area contributed by atoms with Crippen molar-refractivity contribution in [2.45, 2.75) is 32.6 Å². The minimum atomic E-state index is 1.12. The maximum atomic E-state index is 3.89. The first-order valence-electron chi connectivity index (χ1n) is 3.96. The second-order valence-corrected chi connectivity index (χ2v) is 2.72. The van der Waals surface area contributed by atoms with Crippen LogP contribution in [0, 0.1) is 0 Å². The molecule has 0 saturated carbocycles. The summed E-state index contributed by atoms with van der Waals surface area (Å²) in [5.41, 5.74) is 2.53. The topological polar surface area (TPSA) is 12.0 Å². The van der Waals surface area contributed by atoms with Gasteiger partial charge in [-0.05, 0) is 25.7 Å². The molecule has 1 aliphatic heterocycles. The third-order valence-electron chi connectivity index (χ3n) is 1.71. The number of allylic oxidation sites excluding steroid dienone is 3. The predicted octanol–water partition coefficient (Wildman–Crippen LogP) is 2.57. The van der Waals surface area contributed by atoms with Crippen LogP contribution in [0.5, 0.6) is 0 Å². The summed E-state index contributed by atoms with van der Waals surface area (Å²) in [4.78, 5) is 0. The van der Waals surface area contributed by atoms with E-state index < -0.39 is 0 Å². The molecule has 0 spiro atoms. The molecule has 1 aliphatic rings. The minimum absolute atomic E-state index is 1.12. The van der Waals surface area contributed by atoms with Crippen LogP contribution in [0.4, 0.5) is 0 Å². The van der Waals surface area contributed by atoms with Crippen molar-refractivity contribution in [1.82, 2.24) is 5.32 Å². The summed E-state index contributed by atoms with van der Waals surface area (Å²) in [6.07, 6.45) is 6.96. The van der Waals surface area contributed by atoms with E-state index in [0.29, 0.717) is 0 Å². The molecule has 0 aromatic rings. The van der Waals surface area contributed by atoms with E-state index in [-0.39, 0.29) is 0 Å². The highest BCUT2D eigenvalue weighted by atomic mass is 14.9. The van der Waals surface area contributed by atoms with Crippen LogP contribution in [-0.4, -0.2) is 0 Å². The lowest BCUT2D eigenvalue weighted by Crippen LogP contribution is -2.16. The van der Waals surface area contributed by atoms with Crippen molar-refractivity contribution in [1.29, 1.82) is 0 Å². The quantitative estimate of drug-likeness (QED) is 0.585. The third kappa shape index (κ3) is 1.90. The zero-order valence-corrected chi connectivity index (χ0v) is 6.61. The monoisotopic (exact) mass is 137 g/mol. The van der Waals surface area contributed by atoms with Gasteiger partial charge in [0.25, 0.3) is 0 Å². The Labute approximate surface area is 62.8 Å². The largest absolute Gasteiger partial charge is 0.363 e. The van der Waals surface area contributed by atoms with Crippen LogP contribution in [0.2, 0.25) is 0 Å². The molecule has 1 nitrogen and oxygen atoms in total. The lowest BCUT2D eigenvalue weighted by Gasteiger charge is -2.18. The van der Waals surface area contributed by atoms with Gasteiger partial charge in [-0.3, -0.25) is 0 Å². The van der Waals surface area contributed by atoms with Gasteiger partial charge in [0.2, 0.25) is 0 Å². The van der Waals surface area contributed by atoms with E-state index in [4.69, 9.17) is 0 Å². The summed E-state index contributed by atoms with van der Waals surface area (Å²) in [6.45, 7) is 6.05. The summed E-state index contributed by atoms with van der Waals surface area (Å²) in [5, 5.41) is 3.28. The zero-order valence-electron chi connectivity index (χ0n) is 6.61. The van der Waals surface area contributed by atoms with Crippen LogP contribution in [-0.2, 0) is 0 Å². The van der Waals surface area contributed by atoms with Gasteiger partial charge >= 0.3 is 0 Å². The average Bonchev–Trinajstić information content (AvgIpc) is 1.88. The fourth-order valence-corrected chi connectivity index (χ4v) is 1.24. The Morgan fingerprint density at radius 2 is 2.40 bits per heavy atom. The van der Waals surface area contributed by atoms with Crippen molar-refractivity contribution < 1.29 is 0 Å². The Morgan fingerprint density at radius 1 is 1.60 bits per heavy atom. The van der Waals surface area contributed by atoms with Crippen LogP contribution in [0.3, 0.4) is 0 Å². The van der Waals surface area contributed by atoms with Crippen LogP contribution < -0.4 is 5.32 Å². The minimum Gasteiger partial charge on any atom is -0.363 e. The number of hydrogen-bond donors (Lipinski definition) is 1. The van der Waals surface area contributed by atoms with Crippen molar-refractivity contribution in [2.24, 2.45) is 0 Å². The summed E-state index contributed by atoms with van der Waals surface area (Å²) < 4.78 is 0. The van der Waals surface area contributed by atoms with Gasteiger partial charge in [0, 0.05) is 11.4 Å². The van der Waals surface area contributed by atoms with Gasteiger partial charge in [0.1, 0.15) is 0 Å². The molecule has 0 unspecified atom stereocenters. The molecule has 1 saturated heterocycles. The van der Waals surface area contributed by atoms with Crippen molar-refractivity contribution >= 4 is 0 Å². The molecule has 1 heteroatoms. The summed E-state index contributed by atoms with van der Waals surface area (Å²) in [7, 11) is 0. The highest BCUT2D eigenvalue weighted by Crippen LogP contribution is 2.16. The molecule has 1 fully saturated rings. The summed E-state index contributed by atoms with van der Waals surface area (Å²) >= 11 is 0. The second kappa shape index (κ2) is 3.45. The van der Waals surface area contributed by atoms with Gasteiger partial charge in [-0.1, -0.05) is 19.6 Å². The zero-order chi connectivity index (χ0) is 7.40. The molecular weight excluding hydrogens is 122 g/mol. The maximum Gasteiger partial charge on any atom is 0.0108 e. The Balaban J connectivity index is 2.47. The first-order valence-corrected chi connectivity index (χ1v) is 3.96. The maximum absolute atomic E-state index is 3.89.